The van der Waals surface area contributed by atoms with Gasteiger partial charge in [0.15, 0.2) is 0 Å². The van der Waals surface area contributed by atoms with Gasteiger partial charge in [0.25, 0.3) is 0 Å². The van der Waals surface area contributed by atoms with E-state index in [0.717, 1.165) is 0 Å². The first-order valence-electron chi connectivity index (χ1n) is 4.41. The number of hydrogen-bond acceptors (Lipinski definition) is 3. The molecule has 0 fully saturated rings. The molecule has 2 rings (SSSR count). The molecule has 0 radical (unpaired) electrons. The Bertz CT molecular complexity index is 531. The zero-order valence-corrected chi connectivity index (χ0v) is 8.14. The highest BCUT2D eigenvalue weighted by atomic mass is 16.4. The number of rotatable bonds is 2. The minimum absolute atomic E-state index is 0.123. The molecule has 2 heterocycles. The van der Waals surface area contributed by atoms with Gasteiger partial charge in [-0.1, -0.05) is 0 Å². The van der Waals surface area contributed by atoms with Crippen LogP contribution in [0.25, 0.3) is 11.0 Å². The Balaban J connectivity index is 2.73. The second kappa shape index (κ2) is 3.36. The first-order chi connectivity index (χ1) is 7.13. The zero-order chi connectivity index (χ0) is 11.0. The normalized spacial score (nSPS) is 10.8. The molecule has 0 spiro atoms. The van der Waals surface area contributed by atoms with Gasteiger partial charge >= 0.3 is 5.97 Å². The molecule has 2 N–H and O–H groups in total. The Kier molecular flexibility index (Phi) is 2.17. The second-order valence-electron chi connectivity index (χ2n) is 3.32. The summed E-state index contributed by atoms with van der Waals surface area (Å²) in [6.45, 7) is -0.123. The Morgan fingerprint density at radius 1 is 1.60 bits per heavy atom. The first kappa shape index (κ1) is 9.67. The van der Waals surface area contributed by atoms with E-state index in [0.29, 0.717) is 16.6 Å². The van der Waals surface area contributed by atoms with Gasteiger partial charge in [-0.15, -0.1) is 0 Å². The highest BCUT2D eigenvalue weighted by molar-refractivity contribution is 5.92. The van der Waals surface area contributed by atoms with Crippen LogP contribution in [0.5, 0.6) is 0 Å². The predicted octanol–water partition coefficient (Wildman–Crippen LogP) is 0.764. The molecule has 0 bridgehead atoms. The van der Waals surface area contributed by atoms with Gasteiger partial charge in [-0.25, -0.2) is 9.78 Å². The number of aromatic carboxylic acids is 1. The Morgan fingerprint density at radius 2 is 2.33 bits per heavy atom. The third-order valence-electron chi connectivity index (χ3n) is 2.31. The molecule has 0 aliphatic carbocycles. The number of nitrogens with zero attached hydrogens (tertiary/aromatic N) is 2. The lowest BCUT2D eigenvalue weighted by atomic mass is 10.2. The fraction of sp³-hybridized carbons (Fsp3) is 0.200. The number of hydrogen-bond donors (Lipinski definition) is 2. The Morgan fingerprint density at radius 3 is 2.93 bits per heavy atom. The predicted molar refractivity (Wildman–Crippen MR) is 53.6 cm³/mol. The van der Waals surface area contributed by atoms with E-state index < -0.39 is 5.97 Å². The van der Waals surface area contributed by atoms with E-state index in [1.165, 1.54) is 12.3 Å². The van der Waals surface area contributed by atoms with Crippen molar-refractivity contribution in [2.24, 2.45) is 7.05 Å². The van der Waals surface area contributed by atoms with Crippen LogP contribution in [0.2, 0.25) is 0 Å². The molecular weight excluding hydrogens is 196 g/mol. The van der Waals surface area contributed by atoms with Crippen LogP contribution in [0.1, 0.15) is 15.9 Å². The van der Waals surface area contributed by atoms with Gasteiger partial charge in [0, 0.05) is 30.4 Å². The van der Waals surface area contributed by atoms with Gasteiger partial charge in [-0.3, -0.25) is 0 Å². The lowest BCUT2D eigenvalue weighted by Crippen LogP contribution is -1.97. The molecular formula is C10H10N2O3. The maximum absolute atomic E-state index is 10.7. The molecule has 0 saturated heterocycles. The lowest BCUT2D eigenvalue weighted by molar-refractivity contribution is 0.0696. The van der Waals surface area contributed by atoms with E-state index in [2.05, 4.69) is 4.98 Å². The number of aliphatic hydroxyl groups excluding tert-OH is 1. The SMILES string of the molecule is Cn1cc(CO)c2cc(C(=O)O)cnc21. The molecule has 2 aromatic heterocycles. The van der Waals surface area contributed by atoms with Crippen molar-refractivity contribution in [3.05, 3.63) is 29.6 Å². The average Bonchev–Trinajstić information content (AvgIpc) is 2.55. The number of fused-ring (bicyclic) bond motifs is 1. The summed E-state index contributed by atoms with van der Waals surface area (Å²) in [6.07, 6.45) is 3.05. The molecule has 78 valence electrons. The van der Waals surface area contributed by atoms with Crippen molar-refractivity contribution in [2.45, 2.75) is 6.61 Å². The molecule has 0 aromatic carbocycles. The van der Waals surface area contributed by atoms with Gasteiger partial charge < -0.3 is 14.8 Å². The van der Waals surface area contributed by atoms with Crippen molar-refractivity contribution in [3.8, 4) is 0 Å². The van der Waals surface area contributed by atoms with Gasteiger partial charge in [-0.05, 0) is 6.07 Å². The van der Waals surface area contributed by atoms with Crippen LogP contribution in [0.4, 0.5) is 0 Å². The highest BCUT2D eigenvalue weighted by Crippen LogP contribution is 2.19. The molecule has 2 aromatic rings. The standard InChI is InChI=1S/C10H10N2O3/c1-12-4-7(5-13)8-2-6(10(14)15)3-11-9(8)12/h2-4,13H,5H2,1H3,(H,14,15). The summed E-state index contributed by atoms with van der Waals surface area (Å²) >= 11 is 0. The van der Waals surface area contributed by atoms with Gasteiger partial charge in [-0.2, -0.15) is 0 Å². The average molecular weight is 206 g/mol. The number of carboxylic acid groups (broad SMARTS) is 1. The largest absolute Gasteiger partial charge is 0.478 e. The lowest BCUT2D eigenvalue weighted by Gasteiger charge is -1.97. The molecule has 15 heavy (non-hydrogen) atoms. The van der Waals surface area contributed by atoms with E-state index in [1.807, 2.05) is 0 Å². The molecule has 0 aliphatic rings. The van der Waals surface area contributed by atoms with E-state index >= 15 is 0 Å². The number of aromatic nitrogens is 2. The highest BCUT2D eigenvalue weighted by Gasteiger charge is 2.10. The fourth-order valence-corrected chi connectivity index (χ4v) is 1.58. The fourth-order valence-electron chi connectivity index (χ4n) is 1.58. The molecule has 5 nitrogen and oxygen atoms in total. The number of carboxylic acids is 1. The van der Waals surface area contributed by atoms with Crippen molar-refractivity contribution < 1.29 is 15.0 Å². The van der Waals surface area contributed by atoms with Crippen LogP contribution in [0.15, 0.2) is 18.5 Å². The van der Waals surface area contributed by atoms with E-state index in [4.69, 9.17) is 10.2 Å². The van der Waals surface area contributed by atoms with E-state index in [1.54, 1.807) is 17.8 Å². The molecule has 0 aliphatic heterocycles. The maximum atomic E-state index is 10.7. The summed E-state index contributed by atoms with van der Waals surface area (Å²) < 4.78 is 1.76. The van der Waals surface area contributed by atoms with Crippen LogP contribution < -0.4 is 0 Å². The third-order valence-corrected chi connectivity index (χ3v) is 2.31. The first-order valence-corrected chi connectivity index (χ1v) is 4.41. The monoisotopic (exact) mass is 206 g/mol. The molecule has 5 heteroatoms. The van der Waals surface area contributed by atoms with Crippen molar-refractivity contribution in [1.29, 1.82) is 0 Å². The van der Waals surface area contributed by atoms with Crippen LogP contribution in [-0.4, -0.2) is 25.7 Å². The van der Waals surface area contributed by atoms with Gasteiger partial charge in [0.1, 0.15) is 5.65 Å². The van der Waals surface area contributed by atoms with E-state index in [-0.39, 0.29) is 12.2 Å². The van der Waals surface area contributed by atoms with Crippen LogP contribution in [0.3, 0.4) is 0 Å². The summed E-state index contributed by atoms with van der Waals surface area (Å²) in [5.74, 6) is -1.02. The van der Waals surface area contributed by atoms with Crippen LogP contribution >= 0.6 is 0 Å². The van der Waals surface area contributed by atoms with Crippen molar-refractivity contribution in [1.82, 2.24) is 9.55 Å². The summed E-state index contributed by atoms with van der Waals surface area (Å²) in [7, 11) is 1.80. The van der Waals surface area contributed by atoms with Crippen LogP contribution in [0, 0.1) is 0 Å². The Labute approximate surface area is 85.6 Å². The smallest absolute Gasteiger partial charge is 0.337 e. The van der Waals surface area contributed by atoms with Gasteiger partial charge in [0.2, 0.25) is 0 Å². The number of aryl methyl sites for hydroxylation is 1. The van der Waals surface area contributed by atoms with Crippen LogP contribution in [-0.2, 0) is 13.7 Å². The number of carbonyl (C=O) groups is 1. The minimum Gasteiger partial charge on any atom is -0.478 e. The van der Waals surface area contributed by atoms with Crippen molar-refractivity contribution in [3.63, 3.8) is 0 Å². The topological polar surface area (TPSA) is 75.4 Å². The quantitative estimate of drug-likeness (QED) is 0.760. The molecule has 0 amide bonds. The molecule has 0 saturated carbocycles. The van der Waals surface area contributed by atoms with Gasteiger partial charge in [0.05, 0.1) is 12.2 Å². The maximum Gasteiger partial charge on any atom is 0.337 e. The minimum atomic E-state index is -1.02. The van der Waals surface area contributed by atoms with E-state index in [9.17, 15) is 4.79 Å². The summed E-state index contributed by atoms with van der Waals surface area (Å²) in [6, 6.07) is 1.52. The van der Waals surface area contributed by atoms with Crippen molar-refractivity contribution >= 4 is 17.0 Å². The second-order valence-corrected chi connectivity index (χ2v) is 3.32. The third kappa shape index (κ3) is 1.46. The molecule has 0 unspecified atom stereocenters. The van der Waals surface area contributed by atoms with Crippen molar-refractivity contribution in [2.75, 3.05) is 0 Å². The number of pyridine rings is 1. The summed E-state index contributed by atoms with van der Waals surface area (Å²) in [4.78, 5) is 14.8. The molecule has 0 atom stereocenters. The summed E-state index contributed by atoms with van der Waals surface area (Å²) in [5.41, 5.74) is 1.48. The Hall–Kier alpha value is -1.88. The number of aliphatic hydroxyl groups is 1. The summed E-state index contributed by atoms with van der Waals surface area (Å²) in [5, 5.41) is 18.6. The zero-order valence-electron chi connectivity index (χ0n) is 8.14.